The molecule has 1 aliphatic rings. The molecule has 1 aliphatic heterocycles. The van der Waals surface area contributed by atoms with Gasteiger partial charge in [0.15, 0.2) is 5.96 Å². The standard InChI is InChI=1S/C16H30N6O/c1-14-13-15(2)22(20-14)7-4-5-18-16(17-3)19-6-8-21-9-11-23-12-10-21/h13H,4-12H2,1-3H3,(H2,17,18,19). The van der Waals surface area contributed by atoms with E-state index in [1.165, 1.54) is 5.69 Å². The van der Waals surface area contributed by atoms with Crippen molar-refractivity contribution in [1.29, 1.82) is 0 Å². The molecule has 0 atom stereocenters. The van der Waals surface area contributed by atoms with Crippen LogP contribution in [0.2, 0.25) is 0 Å². The quantitative estimate of drug-likeness (QED) is 0.432. The Morgan fingerprint density at radius 3 is 2.61 bits per heavy atom. The van der Waals surface area contributed by atoms with E-state index < -0.39 is 0 Å². The smallest absolute Gasteiger partial charge is 0.191 e. The van der Waals surface area contributed by atoms with Crippen LogP contribution in [0.5, 0.6) is 0 Å². The summed E-state index contributed by atoms with van der Waals surface area (Å²) < 4.78 is 7.42. The average molecular weight is 322 g/mol. The molecule has 0 saturated carbocycles. The van der Waals surface area contributed by atoms with E-state index in [1.54, 1.807) is 0 Å². The molecule has 130 valence electrons. The number of aromatic nitrogens is 2. The van der Waals surface area contributed by atoms with Crippen LogP contribution in [0.15, 0.2) is 11.1 Å². The van der Waals surface area contributed by atoms with Gasteiger partial charge in [0, 0.05) is 52.0 Å². The summed E-state index contributed by atoms with van der Waals surface area (Å²) in [4.78, 5) is 6.68. The van der Waals surface area contributed by atoms with E-state index in [-0.39, 0.29) is 0 Å². The summed E-state index contributed by atoms with van der Waals surface area (Å²) in [7, 11) is 1.81. The highest BCUT2D eigenvalue weighted by atomic mass is 16.5. The normalized spacial score (nSPS) is 16.6. The van der Waals surface area contributed by atoms with E-state index in [0.29, 0.717) is 0 Å². The lowest BCUT2D eigenvalue weighted by Crippen LogP contribution is -2.44. The van der Waals surface area contributed by atoms with Crippen LogP contribution < -0.4 is 10.6 Å². The van der Waals surface area contributed by atoms with Crippen LogP contribution in [-0.4, -0.2) is 73.6 Å². The number of nitrogens with zero attached hydrogens (tertiary/aromatic N) is 4. The number of ether oxygens (including phenoxy) is 1. The maximum Gasteiger partial charge on any atom is 0.191 e. The van der Waals surface area contributed by atoms with Gasteiger partial charge in [-0.2, -0.15) is 5.10 Å². The zero-order valence-electron chi connectivity index (χ0n) is 14.6. The van der Waals surface area contributed by atoms with Gasteiger partial charge in [0.25, 0.3) is 0 Å². The Labute approximate surface area is 139 Å². The molecule has 1 fully saturated rings. The van der Waals surface area contributed by atoms with Crippen LogP contribution in [-0.2, 0) is 11.3 Å². The predicted octanol–water partition coefficient (Wildman–Crippen LogP) is 0.387. The molecule has 0 radical (unpaired) electrons. The monoisotopic (exact) mass is 322 g/mol. The molecule has 1 aromatic heterocycles. The zero-order valence-corrected chi connectivity index (χ0v) is 14.6. The highest BCUT2D eigenvalue weighted by Crippen LogP contribution is 2.02. The molecular weight excluding hydrogens is 292 g/mol. The molecule has 2 heterocycles. The van der Waals surface area contributed by atoms with Crippen molar-refractivity contribution in [1.82, 2.24) is 25.3 Å². The van der Waals surface area contributed by atoms with Gasteiger partial charge in [0.05, 0.1) is 18.9 Å². The van der Waals surface area contributed by atoms with Crippen molar-refractivity contribution < 1.29 is 4.74 Å². The first kappa shape index (κ1) is 17.7. The largest absolute Gasteiger partial charge is 0.379 e. The van der Waals surface area contributed by atoms with Crippen LogP contribution in [0.25, 0.3) is 0 Å². The molecule has 0 unspecified atom stereocenters. The minimum absolute atomic E-state index is 0.847. The SMILES string of the molecule is CN=C(NCCCn1nc(C)cc1C)NCCN1CCOCC1. The van der Waals surface area contributed by atoms with E-state index in [0.717, 1.165) is 70.6 Å². The molecule has 7 nitrogen and oxygen atoms in total. The third kappa shape index (κ3) is 6.19. The third-order valence-corrected chi connectivity index (χ3v) is 3.99. The number of nitrogens with one attached hydrogen (secondary N) is 2. The lowest BCUT2D eigenvalue weighted by molar-refractivity contribution is 0.0389. The number of hydrogen-bond acceptors (Lipinski definition) is 4. The first-order valence-electron chi connectivity index (χ1n) is 8.44. The molecule has 0 aromatic carbocycles. The first-order valence-corrected chi connectivity index (χ1v) is 8.44. The summed E-state index contributed by atoms with van der Waals surface area (Å²) in [6.07, 6.45) is 1.02. The van der Waals surface area contributed by atoms with Gasteiger partial charge in [-0.1, -0.05) is 0 Å². The Balaban J connectivity index is 1.58. The number of morpholine rings is 1. The number of guanidine groups is 1. The van der Waals surface area contributed by atoms with Crippen molar-refractivity contribution in [3.8, 4) is 0 Å². The van der Waals surface area contributed by atoms with Crippen LogP contribution >= 0.6 is 0 Å². The first-order chi connectivity index (χ1) is 11.2. The van der Waals surface area contributed by atoms with Gasteiger partial charge in [-0.05, 0) is 26.3 Å². The van der Waals surface area contributed by atoms with Crippen LogP contribution in [0.1, 0.15) is 17.8 Å². The predicted molar refractivity (Wildman–Crippen MR) is 92.9 cm³/mol. The second-order valence-electron chi connectivity index (χ2n) is 5.88. The molecule has 23 heavy (non-hydrogen) atoms. The molecule has 0 aliphatic carbocycles. The van der Waals surface area contributed by atoms with E-state index in [1.807, 2.05) is 14.0 Å². The maximum atomic E-state index is 5.35. The van der Waals surface area contributed by atoms with E-state index in [2.05, 4.69) is 43.3 Å². The summed E-state index contributed by atoms with van der Waals surface area (Å²) in [6.45, 7) is 11.6. The minimum atomic E-state index is 0.847. The Morgan fingerprint density at radius 1 is 1.22 bits per heavy atom. The van der Waals surface area contributed by atoms with Crippen molar-refractivity contribution in [3.05, 3.63) is 17.5 Å². The molecule has 2 N–H and O–H groups in total. The topological polar surface area (TPSA) is 66.7 Å². The zero-order chi connectivity index (χ0) is 16.5. The fourth-order valence-corrected chi connectivity index (χ4v) is 2.71. The van der Waals surface area contributed by atoms with Crippen LogP contribution in [0.3, 0.4) is 0 Å². The average Bonchev–Trinajstić information content (AvgIpc) is 2.88. The summed E-state index contributed by atoms with van der Waals surface area (Å²) in [5.74, 6) is 0.867. The third-order valence-electron chi connectivity index (χ3n) is 3.99. The Bertz CT molecular complexity index is 493. The Morgan fingerprint density at radius 2 is 1.96 bits per heavy atom. The molecule has 0 spiro atoms. The molecule has 2 rings (SSSR count). The summed E-state index contributed by atoms with van der Waals surface area (Å²) in [5, 5.41) is 11.2. The summed E-state index contributed by atoms with van der Waals surface area (Å²) >= 11 is 0. The highest BCUT2D eigenvalue weighted by molar-refractivity contribution is 5.79. The van der Waals surface area contributed by atoms with Crippen molar-refractivity contribution in [3.63, 3.8) is 0 Å². The Hall–Kier alpha value is -1.60. The molecule has 1 aromatic rings. The van der Waals surface area contributed by atoms with Crippen molar-refractivity contribution in [2.24, 2.45) is 4.99 Å². The van der Waals surface area contributed by atoms with Gasteiger partial charge in [-0.15, -0.1) is 0 Å². The minimum Gasteiger partial charge on any atom is -0.379 e. The molecule has 0 bridgehead atoms. The van der Waals surface area contributed by atoms with Crippen molar-refractivity contribution in [2.45, 2.75) is 26.8 Å². The van der Waals surface area contributed by atoms with E-state index in [4.69, 9.17) is 4.74 Å². The van der Waals surface area contributed by atoms with Crippen LogP contribution in [0, 0.1) is 13.8 Å². The van der Waals surface area contributed by atoms with Gasteiger partial charge in [0.2, 0.25) is 0 Å². The van der Waals surface area contributed by atoms with Crippen molar-refractivity contribution >= 4 is 5.96 Å². The van der Waals surface area contributed by atoms with Gasteiger partial charge in [-0.3, -0.25) is 14.6 Å². The number of hydrogen-bond donors (Lipinski definition) is 2. The van der Waals surface area contributed by atoms with Gasteiger partial charge in [0.1, 0.15) is 0 Å². The second kappa shape index (κ2) is 9.52. The summed E-state index contributed by atoms with van der Waals surface area (Å²) in [6, 6.07) is 2.11. The molecule has 1 saturated heterocycles. The second-order valence-corrected chi connectivity index (χ2v) is 5.88. The fraction of sp³-hybridized carbons (Fsp3) is 0.750. The van der Waals surface area contributed by atoms with Crippen LogP contribution in [0.4, 0.5) is 0 Å². The summed E-state index contributed by atoms with van der Waals surface area (Å²) in [5.41, 5.74) is 2.30. The molecular formula is C16H30N6O. The molecule has 0 amide bonds. The van der Waals surface area contributed by atoms with Gasteiger partial charge < -0.3 is 15.4 Å². The van der Waals surface area contributed by atoms with Crippen molar-refractivity contribution in [2.75, 3.05) is 53.0 Å². The van der Waals surface area contributed by atoms with E-state index in [9.17, 15) is 0 Å². The lowest BCUT2D eigenvalue weighted by Gasteiger charge is -2.26. The maximum absolute atomic E-state index is 5.35. The van der Waals surface area contributed by atoms with Gasteiger partial charge >= 0.3 is 0 Å². The fourth-order valence-electron chi connectivity index (χ4n) is 2.71. The highest BCUT2D eigenvalue weighted by Gasteiger charge is 2.09. The Kier molecular flexibility index (Phi) is 7.35. The number of aliphatic imine (C=N–C) groups is 1. The number of rotatable bonds is 7. The van der Waals surface area contributed by atoms with Gasteiger partial charge in [-0.25, -0.2) is 0 Å². The van der Waals surface area contributed by atoms with E-state index >= 15 is 0 Å². The molecule has 7 heteroatoms. The number of aryl methyl sites for hydroxylation is 3. The lowest BCUT2D eigenvalue weighted by atomic mass is 10.4.